The Morgan fingerprint density at radius 2 is 2.03 bits per heavy atom. The summed E-state index contributed by atoms with van der Waals surface area (Å²) in [5.74, 6) is -0.328. The number of nitrogens with zero attached hydrogens (tertiary/aromatic N) is 2. The van der Waals surface area contributed by atoms with Gasteiger partial charge in [-0.25, -0.2) is 9.37 Å². The second-order valence-corrected chi connectivity index (χ2v) is 6.35. The van der Waals surface area contributed by atoms with Crippen LogP contribution in [0, 0.1) is 12.7 Å². The molecule has 0 aliphatic rings. The van der Waals surface area contributed by atoms with Gasteiger partial charge in [-0.15, -0.1) is 0 Å². The van der Waals surface area contributed by atoms with Crippen molar-refractivity contribution in [2.24, 2.45) is 0 Å². The number of hydrogen-bond donors (Lipinski definition) is 1. The molecule has 0 atom stereocenters. The molecule has 6 nitrogen and oxygen atoms in total. The molecule has 0 saturated heterocycles. The minimum Gasteiger partial charge on any atom is -0.490 e. The van der Waals surface area contributed by atoms with Crippen LogP contribution in [0.15, 0.2) is 54.9 Å². The van der Waals surface area contributed by atoms with E-state index in [9.17, 15) is 18.0 Å². The van der Waals surface area contributed by atoms with Crippen LogP contribution >= 0.6 is 0 Å². The minimum absolute atomic E-state index is 0.0952. The van der Waals surface area contributed by atoms with Gasteiger partial charge in [0.05, 0.1) is 12.3 Å². The average molecular weight is 431 g/mol. The van der Waals surface area contributed by atoms with E-state index >= 15 is 0 Å². The van der Waals surface area contributed by atoms with Crippen molar-refractivity contribution in [3.05, 3.63) is 72.1 Å². The maximum Gasteiger partial charge on any atom is 0.387 e. The molecule has 0 aliphatic heterocycles. The van der Waals surface area contributed by atoms with Crippen LogP contribution in [0.3, 0.4) is 0 Å². The monoisotopic (exact) mass is 431 g/mol. The summed E-state index contributed by atoms with van der Waals surface area (Å²) in [6.07, 6.45) is 5.93. The van der Waals surface area contributed by atoms with E-state index in [0.717, 1.165) is 0 Å². The number of imidazole rings is 1. The van der Waals surface area contributed by atoms with E-state index in [1.165, 1.54) is 36.4 Å². The molecule has 0 spiro atoms. The molecule has 0 unspecified atom stereocenters. The highest BCUT2D eigenvalue weighted by Crippen LogP contribution is 2.30. The number of carbonyl (C=O) groups excluding carboxylic acids is 1. The van der Waals surface area contributed by atoms with Gasteiger partial charge < -0.3 is 19.4 Å². The average Bonchev–Trinajstić information content (AvgIpc) is 3.14. The Bertz CT molecular complexity index is 1100. The fourth-order valence-corrected chi connectivity index (χ4v) is 2.86. The standard InChI is InChI=1S/C22H20F3N3O3/c1-3-30-20-12-15(4-8-19(20)31-22(24)25)5-9-21(29)27-16-6-7-18(17(23)13-16)28-11-10-26-14(28)2/h4-13,22H,3H2,1-2H3,(H,27,29)/b9-5-. The summed E-state index contributed by atoms with van der Waals surface area (Å²) in [6, 6.07) is 8.65. The summed E-state index contributed by atoms with van der Waals surface area (Å²) >= 11 is 0. The number of benzene rings is 2. The lowest BCUT2D eigenvalue weighted by Gasteiger charge is -2.11. The van der Waals surface area contributed by atoms with E-state index < -0.39 is 18.3 Å². The third-order valence-electron chi connectivity index (χ3n) is 4.21. The van der Waals surface area contributed by atoms with E-state index in [-0.39, 0.29) is 23.8 Å². The maximum atomic E-state index is 14.4. The van der Waals surface area contributed by atoms with Gasteiger partial charge in [0.1, 0.15) is 11.6 Å². The third kappa shape index (κ3) is 5.65. The Labute approximate surface area is 176 Å². The summed E-state index contributed by atoms with van der Waals surface area (Å²) in [7, 11) is 0. The van der Waals surface area contributed by atoms with Crippen LogP contribution < -0.4 is 14.8 Å². The number of alkyl halides is 2. The number of carbonyl (C=O) groups is 1. The molecule has 2 aromatic carbocycles. The Morgan fingerprint density at radius 1 is 1.23 bits per heavy atom. The molecule has 9 heteroatoms. The molecular formula is C22H20F3N3O3. The van der Waals surface area contributed by atoms with E-state index in [0.29, 0.717) is 17.1 Å². The third-order valence-corrected chi connectivity index (χ3v) is 4.21. The normalized spacial score (nSPS) is 11.2. The predicted octanol–water partition coefficient (Wildman–Crippen LogP) is 4.97. The number of hydrogen-bond acceptors (Lipinski definition) is 4. The molecule has 0 radical (unpaired) electrons. The molecule has 3 aromatic rings. The van der Waals surface area contributed by atoms with Crippen LogP contribution in [0.1, 0.15) is 18.3 Å². The smallest absolute Gasteiger partial charge is 0.387 e. The van der Waals surface area contributed by atoms with Crippen LogP contribution in [-0.4, -0.2) is 28.7 Å². The first-order chi connectivity index (χ1) is 14.9. The van der Waals surface area contributed by atoms with Gasteiger partial charge in [-0.3, -0.25) is 4.79 Å². The van der Waals surface area contributed by atoms with E-state index in [2.05, 4.69) is 15.0 Å². The number of ether oxygens (including phenoxy) is 2. The lowest BCUT2D eigenvalue weighted by Crippen LogP contribution is -2.09. The van der Waals surface area contributed by atoms with Gasteiger partial charge in [0.2, 0.25) is 5.91 Å². The van der Waals surface area contributed by atoms with Gasteiger partial charge in [-0.05, 0) is 55.8 Å². The highest BCUT2D eigenvalue weighted by atomic mass is 19.3. The van der Waals surface area contributed by atoms with Crippen LogP contribution in [-0.2, 0) is 4.79 Å². The topological polar surface area (TPSA) is 65.4 Å². The number of aryl methyl sites for hydroxylation is 1. The molecule has 1 amide bonds. The first-order valence-electron chi connectivity index (χ1n) is 9.38. The van der Waals surface area contributed by atoms with Crippen molar-refractivity contribution in [2.45, 2.75) is 20.5 Å². The Hall–Kier alpha value is -3.75. The molecule has 0 bridgehead atoms. The van der Waals surface area contributed by atoms with Gasteiger partial charge >= 0.3 is 6.61 Å². The molecule has 1 N–H and O–H groups in total. The Kier molecular flexibility index (Phi) is 6.96. The van der Waals surface area contributed by atoms with E-state index in [1.54, 1.807) is 42.9 Å². The number of nitrogens with one attached hydrogen (secondary N) is 1. The highest BCUT2D eigenvalue weighted by Gasteiger charge is 2.12. The Balaban J connectivity index is 1.70. The second kappa shape index (κ2) is 9.84. The van der Waals surface area contributed by atoms with Crippen LogP contribution in [0.2, 0.25) is 0 Å². The number of anilines is 1. The molecule has 1 aromatic heterocycles. The zero-order valence-electron chi connectivity index (χ0n) is 16.8. The summed E-state index contributed by atoms with van der Waals surface area (Å²) < 4.78 is 50.7. The number of aromatic nitrogens is 2. The molecule has 0 aliphatic carbocycles. The molecule has 3 rings (SSSR count). The van der Waals surface area contributed by atoms with Crippen LogP contribution in [0.4, 0.5) is 18.9 Å². The second-order valence-electron chi connectivity index (χ2n) is 6.35. The quantitative estimate of drug-likeness (QED) is 0.512. The summed E-state index contributed by atoms with van der Waals surface area (Å²) in [5.41, 5.74) is 1.14. The van der Waals surface area contributed by atoms with Crippen LogP contribution in [0.5, 0.6) is 11.5 Å². The van der Waals surface area contributed by atoms with Crippen molar-refractivity contribution in [1.29, 1.82) is 0 Å². The first kappa shape index (κ1) is 21.9. The van der Waals surface area contributed by atoms with E-state index in [1.807, 2.05) is 0 Å². The van der Waals surface area contributed by atoms with Gasteiger partial charge in [0, 0.05) is 24.2 Å². The van der Waals surface area contributed by atoms with Gasteiger partial charge in [0.15, 0.2) is 11.5 Å². The SMILES string of the molecule is CCOc1cc(/C=C\C(=O)Nc2ccc(-n3ccnc3C)c(F)c2)ccc1OC(F)F. The lowest BCUT2D eigenvalue weighted by atomic mass is 10.2. The molecule has 1 heterocycles. The van der Waals surface area contributed by atoms with E-state index in [4.69, 9.17) is 4.74 Å². The fraction of sp³-hybridized carbons (Fsp3) is 0.182. The van der Waals surface area contributed by atoms with Crippen molar-refractivity contribution in [1.82, 2.24) is 9.55 Å². The number of halogens is 3. The van der Waals surface area contributed by atoms with Crippen molar-refractivity contribution in [3.8, 4) is 17.2 Å². The first-order valence-corrected chi connectivity index (χ1v) is 9.38. The van der Waals surface area contributed by atoms with Crippen molar-refractivity contribution >= 4 is 17.7 Å². The van der Waals surface area contributed by atoms with Gasteiger partial charge in [-0.1, -0.05) is 6.07 Å². The Morgan fingerprint density at radius 3 is 2.68 bits per heavy atom. The zero-order chi connectivity index (χ0) is 22.4. The largest absolute Gasteiger partial charge is 0.490 e. The molecule has 31 heavy (non-hydrogen) atoms. The molecule has 162 valence electrons. The molecule has 0 fully saturated rings. The molecular weight excluding hydrogens is 411 g/mol. The summed E-state index contributed by atoms with van der Waals surface area (Å²) in [6.45, 7) is 0.743. The maximum absolute atomic E-state index is 14.4. The van der Waals surface area contributed by atoms with Gasteiger partial charge in [0.25, 0.3) is 0 Å². The summed E-state index contributed by atoms with van der Waals surface area (Å²) in [5, 5.41) is 2.57. The zero-order valence-corrected chi connectivity index (χ0v) is 16.8. The predicted molar refractivity (Wildman–Crippen MR) is 110 cm³/mol. The number of amides is 1. The lowest BCUT2D eigenvalue weighted by molar-refractivity contribution is -0.111. The van der Waals surface area contributed by atoms with Crippen molar-refractivity contribution < 1.29 is 27.4 Å². The molecule has 0 saturated carbocycles. The van der Waals surface area contributed by atoms with Crippen LogP contribution in [0.25, 0.3) is 11.8 Å². The van der Waals surface area contributed by atoms with Gasteiger partial charge in [-0.2, -0.15) is 8.78 Å². The summed E-state index contributed by atoms with van der Waals surface area (Å²) in [4.78, 5) is 16.3. The fourth-order valence-electron chi connectivity index (χ4n) is 2.86. The highest BCUT2D eigenvalue weighted by molar-refractivity contribution is 6.02. The number of rotatable bonds is 8. The van der Waals surface area contributed by atoms with Crippen molar-refractivity contribution in [2.75, 3.05) is 11.9 Å². The van der Waals surface area contributed by atoms with Crippen molar-refractivity contribution in [3.63, 3.8) is 0 Å². The minimum atomic E-state index is -2.98.